The number of para-hydroxylation sites is 1. The highest BCUT2D eigenvalue weighted by molar-refractivity contribution is 6.09. The minimum absolute atomic E-state index is 0.125. The van der Waals surface area contributed by atoms with Crippen molar-refractivity contribution in [1.29, 1.82) is 0 Å². The van der Waals surface area contributed by atoms with E-state index in [2.05, 4.69) is 46.6 Å². The van der Waals surface area contributed by atoms with Gasteiger partial charge < -0.3 is 4.57 Å². The number of hydrazone groups is 1. The summed E-state index contributed by atoms with van der Waals surface area (Å²) in [6.07, 6.45) is 3.55. The maximum atomic E-state index is 13.8. The molecule has 2 atom stereocenters. The molecule has 36 heavy (non-hydrogen) atoms. The number of carbonyl (C=O) groups is 2. The number of amides is 2. The number of fused-ring (bicyclic) bond motifs is 1. The zero-order valence-corrected chi connectivity index (χ0v) is 20.0. The largest absolute Gasteiger partial charge is 0.340 e. The summed E-state index contributed by atoms with van der Waals surface area (Å²) in [4.78, 5) is 27.6. The highest BCUT2D eigenvalue weighted by atomic mass is 16.2. The molecule has 5 nitrogen and oxygen atoms in total. The summed E-state index contributed by atoms with van der Waals surface area (Å²) in [5, 5.41) is 6.74. The number of hydrogen-bond acceptors (Lipinski definition) is 3. The number of hydrogen-bond donors (Lipinski definition) is 0. The highest BCUT2D eigenvalue weighted by Crippen LogP contribution is 2.60. The fourth-order valence-corrected chi connectivity index (χ4v) is 6.88. The smallest absolute Gasteiger partial charge is 0.254 e. The van der Waals surface area contributed by atoms with Crippen molar-refractivity contribution in [3.8, 4) is 0 Å². The van der Waals surface area contributed by atoms with Gasteiger partial charge in [-0.05, 0) is 35.2 Å². The molecule has 4 aromatic rings. The van der Waals surface area contributed by atoms with Gasteiger partial charge in [0, 0.05) is 40.5 Å². The first-order valence-electron chi connectivity index (χ1n) is 12.4. The van der Waals surface area contributed by atoms with Crippen LogP contribution in [0.5, 0.6) is 0 Å². The summed E-state index contributed by atoms with van der Waals surface area (Å²) in [5.74, 6) is -1.50. The molecule has 0 radical (unpaired) electrons. The Balaban J connectivity index is 1.33. The monoisotopic (exact) mass is 471 g/mol. The van der Waals surface area contributed by atoms with Gasteiger partial charge in [0.05, 0.1) is 18.1 Å². The van der Waals surface area contributed by atoms with Crippen LogP contribution in [-0.2, 0) is 16.1 Å². The fraction of sp³-hybridized carbons (Fsp3) is 0.194. The van der Waals surface area contributed by atoms with Gasteiger partial charge in [0.25, 0.3) is 11.8 Å². The van der Waals surface area contributed by atoms with E-state index in [1.807, 2.05) is 55.5 Å². The average Bonchev–Trinajstić information content (AvgIpc) is 3.33. The van der Waals surface area contributed by atoms with Crippen LogP contribution in [0, 0.1) is 18.8 Å². The van der Waals surface area contributed by atoms with Crippen LogP contribution in [-0.4, -0.2) is 27.6 Å². The molecule has 3 aliphatic carbocycles. The van der Waals surface area contributed by atoms with Gasteiger partial charge in [0.2, 0.25) is 0 Å². The lowest BCUT2D eigenvalue weighted by molar-refractivity contribution is -0.139. The fourth-order valence-electron chi connectivity index (χ4n) is 6.88. The molecule has 0 spiro atoms. The van der Waals surface area contributed by atoms with Crippen LogP contribution in [0.25, 0.3) is 10.9 Å². The Morgan fingerprint density at radius 1 is 0.806 bits per heavy atom. The molecular weight excluding hydrogens is 446 g/mol. The van der Waals surface area contributed by atoms with E-state index in [0.29, 0.717) is 6.54 Å². The first-order valence-corrected chi connectivity index (χ1v) is 12.4. The molecule has 1 aliphatic heterocycles. The zero-order valence-electron chi connectivity index (χ0n) is 20.0. The van der Waals surface area contributed by atoms with Crippen molar-refractivity contribution in [1.82, 2.24) is 9.58 Å². The molecule has 0 N–H and O–H groups in total. The predicted octanol–water partition coefficient (Wildman–Crippen LogP) is 5.36. The zero-order chi connectivity index (χ0) is 24.6. The summed E-state index contributed by atoms with van der Waals surface area (Å²) in [7, 11) is 0. The number of nitrogens with zero attached hydrogens (tertiary/aromatic N) is 3. The van der Waals surface area contributed by atoms with Crippen molar-refractivity contribution in [3.05, 3.63) is 119 Å². The molecule has 3 aromatic carbocycles. The van der Waals surface area contributed by atoms with Crippen LogP contribution < -0.4 is 0 Å². The summed E-state index contributed by atoms with van der Waals surface area (Å²) >= 11 is 0. The number of carbonyl (C=O) groups excluding carboxylic acids is 2. The van der Waals surface area contributed by atoms with Gasteiger partial charge in [-0.25, -0.2) is 0 Å². The van der Waals surface area contributed by atoms with Gasteiger partial charge in [-0.2, -0.15) is 10.1 Å². The Bertz CT molecular complexity index is 1510. The van der Waals surface area contributed by atoms with Gasteiger partial charge >= 0.3 is 0 Å². The highest BCUT2D eigenvalue weighted by Gasteiger charge is 2.61. The van der Waals surface area contributed by atoms with E-state index in [1.54, 1.807) is 6.21 Å². The van der Waals surface area contributed by atoms with Crippen molar-refractivity contribution in [2.75, 3.05) is 0 Å². The van der Waals surface area contributed by atoms with E-state index in [9.17, 15) is 9.59 Å². The number of benzene rings is 3. The lowest BCUT2D eigenvalue weighted by atomic mass is 9.55. The number of imide groups is 1. The van der Waals surface area contributed by atoms with E-state index in [1.165, 1.54) is 0 Å². The van der Waals surface area contributed by atoms with E-state index >= 15 is 0 Å². The second-order valence-electron chi connectivity index (χ2n) is 9.91. The lowest BCUT2D eigenvalue weighted by Crippen LogP contribution is -2.41. The van der Waals surface area contributed by atoms with Crippen molar-refractivity contribution >= 4 is 28.9 Å². The summed E-state index contributed by atoms with van der Waals surface area (Å²) in [6.45, 7) is 6.59. The van der Waals surface area contributed by atoms with Crippen molar-refractivity contribution in [2.24, 2.45) is 16.9 Å². The first-order chi connectivity index (χ1) is 17.6. The molecule has 5 heteroatoms. The van der Waals surface area contributed by atoms with Gasteiger partial charge in [-0.3, -0.25) is 9.59 Å². The van der Waals surface area contributed by atoms with Gasteiger partial charge in [-0.1, -0.05) is 72.8 Å². The first kappa shape index (κ1) is 21.1. The van der Waals surface area contributed by atoms with Crippen LogP contribution in [0.3, 0.4) is 0 Å². The second-order valence-corrected chi connectivity index (χ2v) is 9.91. The molecule has 4 aliphatic rings. The third-order valence-corrected chi connectivity index (χ3v) is 8.32. The summed E-state index contributed by atoms with van der Waals surface area (Å²) < 4.78 is 2.17. The van der Waals surface area contributed by atoms with Crippen LogP contribution in [0.4, 0.5) is 0 Å². The molecule has 0 unspecified atom stereocenters. The molecule has 8 rings (SSSR count). The van der Waals surface area contributed by atoms with E-state index in [0.717, 1.165) is 49.4 Å². The molecule has 2 heterocycles. The summed E-state index contributed by atoms with van der Waals surface area (Å²) in [5.41, 5.74) is 7.67. The van der Waals surface area contributed by atoms with Gasteiger partial charge in [0.15, 0.2) is 0 Å². The minimum atomic E-state index is -0.423. The molecular formula is C31H25N3O2. The molecule has 2 amide bonds. The van der Waals surface area contributed by atoms with Crippen molar-refractivity contribution in [3.63, 3.8) is 0 Å². The van der Waals surface area contributed by atoms with E-state index in [-0.39, 0.29) is 23.7 Å². The maximum absolute atomic E-state index is 13.8. The number of aromatic nitrogens is 1. The molecule has 1 aromatic heterocycles. The van der Waals surface area contributed by atoms with E-state index in [4.69, 9.17) is 0 Å². The Morgan fingerprint density at radius 3 is 1.83 bits per heavy atom. The normalized spacial score (nSPS) is 23.9. The summed E-state index contributed by atoms with van der Waals surface area (Å²) in [6, 6.07) is 24.6. The number of rotatable bonds is 4. The SMILES string of the molecule is C=CCn1c(C)c(/C=N\N2C(=O)[C@H]3C4c5ccccc5C(c5ccccc54)[C@@H]3C2=O)c2ccccc21. The number of allylic oxidation sites excluding steroid dienone is 1. The van der Waals surface area contributed by atoms with Crippen molar-refractivity contribution in [2.45, 2.75) is 25.3 Å². The van der Waals surface area contributed by atoms with Crippen molar-refractivity contribution < 1.29 is 9.59 Å². The quantitative estimate of drug-likeness (QED) is 0.229. The van der Waals surface area contributed by atoms with E-state index < -0.39 is 11.8 Å². The second kappa shape index (κ2) is 7.62. The van der Waals surface area contributed by atoms with Crippen LogP contribution in [0.2, 0.25) is 0 Å². The molecule has 0 saturated carbocycles. The third-order valence-electron chi connectivity index (χ3n) is 8.32. The maximum Gasteiger partial charge on any atom is 0.254 e. The standard InChI is InChI=1S/C31H25N3O2/c1-3-16-33-18(2)24(19-10-8-9-15-25(19)33)17-32-34-30(35)28-26-20-11-4-5-12-21(20)27(29(28)31(34)36)23-14-7-6-13-22(23)26/h3-15,17,26-29H,1,16H2,2H3/b32-17-/t26?,27?,28-,29-/m0/s1. The van der Waals surface area contributed by atoms with Crippen LogP contribution in [0.1, 0.15) is 45.3 Å². The van der Waals surface area contributed by atoms with Gasteiger partial charge in [-0.15, -0.1) is 6.58 Å². The molecule has 2 bridgehead atoms. The Kier molecular flexibility index (Phi) is 4.46. The van der Waals surface area contributed by atoms with Gasteiger partial charge in [0.1, 0.15) is 0 Å². The Labute approximate surface area is 209 Å². The predicted molar refractivity (Wildman–Crippen MR) is 140 cm³/mol. The van der Waals surface area contributed by atoms with Crippen LogP contribution >= 0.6 is 0 Å². The minimum Gasteiger partial charge on any atom is -0.340 e. The average molecular weight is 472 g/mol. The Hall–Kier alpha value is -4.25. The van der Waals surface area contributed by atoms with Crippen LogP contribution in [0.15, 0.2) is 90.6 Å². The Morgan fingerprint density at radius 2 is 1.31 bits per heavy atom. The topological polar surface area (TPSA) is 54.7 Å². The third kappa shape index (κ3) is 2.63. The molecule has 1 saturated heterocycles. The molecule has 176 valence electrons. The molecule has 1 fully saturated rings. The lowest BCUT2D eigenvalue weighted by Gasteiger charge is -2.45.